The van der Waals surface area contributed by atoms with E-state index in [1.165, 1.54) is 12.1 Å². The molecule has 1 aromatic heterocycles. The van der Waals surface area contributed by atoms with Crippen LogP contribution < -0.4 is 11.1 Å². The largest absolute Gasteiger partial charge is 0.508 e. The van der Waals surface area contributed by atoms with Crippen LogP contribution in [0.3, 0.4) is 0 Å². The highest BCUT2D eigenvalue weighted by atomic mass is 32.1. The second-order valence-electron chi connectivity index (χ2n) is 11.5. The van der Waals surface area contributed by atoms with Crippen molar-refractivity contribution in [2.24, 2.45) is 11.7 Å². The van der Waals surface area contributed by atoms with Crippen molar-refractivity contribution in [1.82, 2.24) is 14.5 Å². The van der Waals surface area contributed by atoms with Gasteiger partial charge in [-0.1, -0.05) is 48.6 Å². The fraction of sp³-hybridized carbons (Fsp3) is 0.294. The number of ketones is 1. The number of aromatic nitrogens is 2. The number of likely N-dealkylation sites (tertiary alicyclic amines) is 1. The number of nitrogens with one attached hydrogen (secondary N) is 1. The van der Waals surface area contributed by atoms with Gasteiger partial charge in [0.2, 0.25) is 5.91 Å². The molecule has 2 unspecified atom stereocenters. The van der Waals surface area contributed by atoms with Crippen LogP contribution in [0.4, 0.5) is 10.2 Å². The Bertz CT molecular complexity index is 1660. The maximum absolute atomic E-state index is 13.3. The van der Waals surface area contributed by atoms with E-state index in [2.05, 4.69) is 10.3 Å². The first-order valence-electron chi connectivity index (χ1n) is 14.8. The third-order valence-electron chi connectivity index (χ3n) is 7.81. The predicted octanol–water partition coefficient (Wildman–Crippen LogP) is 4.73. The number of aryl methyl sites for hydroxylation is 1. The number of benzene rings is 3. The minimum absolute atomic E-state index is 0.0288. The van der Waals surface area contributed by atoms with Crippen molar-refractivity contribution >= 4 is 34.7 Å². The average molecular weight is 630 g/mol. The summed E-state index contributed by atoms with van der Waals surface area (Å²) in [4.78, 5) is 33.3. The summed E-state index contributed by atoms with van der Waals surface area (Å²) in [5.41, 5.74) is 9.12. The number of hydrogen-bond acceptors (Lipinski definition) is 7. The highest BCUT2D eigenvalue weighted by Crippen LogP contribution is 2.24. The van der Waals surface area contributed by atoms with Crippen LogP contribution in [-0.4, -0.2) is 53.9 Å². The first kappa shape index (κ1) is 31.8. The number of anilines is 1. The smallest absolute Gasteiger partial charge is 0.230 e. The maximum atomic E-state index is 13.3. The molecule has 11 heteroatoms. The lowest BCUT2D eigenvalue weighted by Gasteiger charge is -2.18. The van der Waals surface area contributed by atoms with Gasteiger partial charge in [-0.05, 0) is 59.5 Å². The molecule has 0 spiro atoms. The lowest BCUT2D eigenvalue weighted by Crippen LogP contribution is -2.29. The summed E-state index contributed by atoms with van der Waals surface area (Å²) in [5.74, 6) is 0.457. The Labute approximate surface area is 266 Å². The zero-order valence-corrected chi connectivity index (χ0v) is 25.5. The van der Waals surface area contributed by atoms with E-state index in [1.54, 1.807) is 60.8 Å². The Balaban J connectivity index is 1.23. The number of Topliss-reactive ketones (excluding diaryl/α,β-unsaturated/α-hetero) is 1. The number of phenols is 2. The number of rotatable bonds is 13. The summed E-state index contributed by atoms with van der Waals surface area (Å²) in [5, 5.41) is 22.4. The molecule has 0 radical (unpaired) electrons. The number of phenolic OH excluding ortho intramolecular Hbond substituents is 2. The molecule has 0 bridgehead atoms. The van der Waals surface area contributed by atoms with Crippen molar-refractivity contribution in [3.05, 3.63) is 107 Å². The topological polar surface area (TPSA) is 134 Å². The van der Waals surface area contributed by atoms with E-state index in [1.807, 2.05) is 15.5 Å². The molecular weight excluding hydrogens is 593 g/mol. The second-order valence-corrected chi connectivity index (χ2v) is 12.0. The molecule has 3 aromatic carbocycles. The number of carbonyl (C=O) groups excluding carboxylic acids is 2. The minimum atomic E-state index is -0.481. The molecule has 5 rings (SSSR count). The van der Waals surface area contributed by atoms with Gasteiger partial charge in [0.1, 0.15) is 28.9 Å². The fourth-order valence-electron chi connectivity index (χ4n) is 5.46. The first-order chi connectivity index (χ1) is 21.6. The summed E-state index contributed by atoms with van der Waals surface area (Å²) in [6.07, 6.45) is 3.59. The summed E-state index contributed by atoms with van der Waals surface area (Å²) < 4.78 is 15.2. The number of nitrogens with zero attached hydrogens (tertiary/aromatic N) is 3. The molecular formula is C34H36FN5O4S. The molecule has 1 fully saturated rings. The third kappa shape index (κ3) is 8.96. The van der Waals surface area contributed by atoms with Crippen LogP contribution in [-0.2, 0) is 35.5 Å². The highest BCUT2D eigenvalue weighted by Gasteiger charge is 2.32. The van der Waals surface area contributed by atoms with Crippen LogP contribution in [0.2, 0.25) is 0 Å². The molecule has 1 aliphatic rings. The predicted molar refractivity (Wildman–Crippen MR) is 173 cm³/mol. The van der Waals surface area contributed by atoms with Gasteiger partial charge in [-0.3, -0.25) is 9.59 Å². The summed E-state index contributed by atoms with van der Waals surface area (Å²) >= 11 is 5.55. The molecule has 45 heavy (non-hydrogen) atoms. The zero-order chi connectivity index (χ0) is 31.9. The highest BCUT2D eigenvalue weighted by molar-refractivity contribution is 7.80. The SMILES string of the molecule is NC(CC(=O)CCc1ccc(O)cc1)Cn1cc(NC(=O)C2CC(=S)N(Cc3ccc(F)cc3)C2)nc1Cc1cccc(O)c1. The van der Waals surface area contributed by atoms with Crippen molar-refractivity contribution in [2.45, 2.75) is 51.2 Å². The standard InChI is InChI=1S/C34H36FN5O4S/c35-26-9-4-23(5-10-26)18-40-19-25(16-33(40)45)34(44)38-31-21-39(32(37-31)15-24-2-1-3-29(42)14-24)20-27(36)17-30(43)13-8-22-6-11-28(41)12-7-22/h1-7,9-12,14,21,25,27,41-42H,8,13,15-20,36H2,(H,38,44). The third-order valence-corrected chi connectivity index (χ3v) is 8.23. The molecule has 0 saturated carbocycles. The Morgan fingerprint density at radius 2 is 1.76 bits per heavy atom. The number of amides is 1. The van der Waals surface area contributed by atoms with Crippen LogP contribution in [0.5, 0.6) is 11.5 Å². The van der Waals surface area contributed by atoms with E-state index in [0.29, 0.717) is 61.9 Å². The van der Waals surface area contributed by atoms with Gasteiger partial charge in [-0.2, -0.15) is 0 Å². The molecule has 9 nitrogen and oxygen atoms in total. The summed E-state index contributed by atoms with van der Waals surface area (Å²) in [7, 11) is 0. The Kier molecular flexibility index (Phi) is 10.2. The zero-order valence-electron chi connectivity index (χ0n) is 24.7. The quantitative estimate of drug-likeness (QED) is 0.156. The molecule has 1 amide bonds. The van der Waals surface area contributed by atoms with Crippen LogP contribution in [0.1, 0.15) is 41.8 Å². The Morgan fingerprint density at radius 3 is 2.49 bits per heavy atom. The van der Waals surface area contributed by atoms with Gasteiger partial charge >= 0.3 is 0 Å². The van der Waals surface area contributed by atoms with Crippen LogP contribution in [0.15, 0.2) is 79.0 Å². The van der Waals surface area contributed by atoms with E-state index in [9.17, 15) is 24.2 Å². The van der Waals surface area contributed by atoms with Crippen molar-refractivity contribution in [1.29, 1.82) is 0 Å². The van der Waals surface area contributed by atoms with Crippen molar-refractivity contribution < 1.29 is 24.2 Å². The molecule has 234 valence electrons. The Hall–Kier alpha value is -4.61. The van der Waals surface area contributed by atoms with Gasteiger partial charge in [0.25, 0.3) is 0 Å². The molecule has 0 aliphatic carbocycles. The van der Waals surface area contributed by atoms with Gasteiger partial charge in [-0.25, -0.2) is 9.37 Å². The molecule has 2 atom stereocenters. The number of thiocarbonyl (C=S) groups is 1. The second kappa shape index (κ2) is 14.4. The normalized spacial score (nSPS) is 15.3. The first-order valence-corrected chi connectivity index (χ1v) is 15.2. The molecule has 1 aliphatic heterocycles. The van der Waals surface area contributed by atoms with Crippen LogP contribution in [0, 0.1) is 11.7 Å². The van der Waals surface area contributed by atoms with Gasteiger partial charge in [0, 0.05) is 57.6 Å². The molecule has 4 aromatic rings. The molecule has 2 heterocycles. The van der Waals surface area contributed by atoms with Gasteiger partial charge in [-0.15, -0.1) is 0 Å². The molecule has 1 saturated heterocycles. The number of aromatic hydroxyl groups is 2. The lowest BCUT2D eigenvalue weighted by atomic mass is 10.0. The Morgan fingerprint density at radius 1 is 1.02 bits per heavy atom. The van der Waals surface area contributed by atoms with E-state index in [4.69, 9.17) is 18.0 Å². The van der Waals surface area contributed by atoms with Crippen LogP contribution in [0.25, 0.3) is 0 Å². The maximum Gasteiger partial charge on any atom is 0.230 e. The number of hydrogen-bond donors (Lipinski definition) is 4. The van der Waals surface area contributed by atoms with Gasteiger partial charge in [0.05, 0.1) is 10.9 Å². The van der Waals surface area contributed by atoms with Crippen LogP contribution >= 0.6 is 12.2 Å². The van der Waals surface area contributed by atoms with Crippen molar-refractivity contribution in [2.75, 3.05) is 11.9 Å². The number of imidazole rings is 1. The van der Waals surface area contributed by atoms with E-state index in [0.717, 1.165) is 16.7 Å². The van der Waals surface area contributed by atoms with E-state index in [-0.39, 0.29) is 41.3 Å². The number of halogens is 1. The van der Waals surface area contributed by atoms with Crippen molar-refractivity contribution in [3.63, 3.8) is 0 Å². The minimum Gasteiger partial charge on any atom is -0.508 e. The van der Waals surface area contributed by atoms with E-state index >= 15 is 0 Å². The van der Waals surface area contributed by atoms with Crippen molar-refractivity contribution in [3.8, 4) is 11.5 Å². The average Bonchev–Trinajstić information content (AvgIpc) is 3.55. The molecule has 5 N–H and O–H groups in total. The number of nitrogens with two attached hydrogens (primary N) is 1. The van der Waals surface area contributed by atoms with E-state index < -0.39 is 6.04 Å². The van der Waals surface area contributed by atoms with Gasteiger partial charge in [0.15, 0.2) is 5.82 Å². The lowest BCUT2D eigenvalue weighted by molar-refractivity contribution is -0.120. The summed E-state index contributed by atoms with van der Waals surface area (Å²) in [6, 6.07) is 19.4. The summed E-state index contributed by atoms with van der Waals surface area (Å²) in [6.45, 7) is 1.24. The monoisotopic (exact) mass is 629 g/mol. The fourth-order valence-corrected chi connectivity index (χ4v) is 5.80. The van der Waals surface area contributed by atoms with Gasteiger partial charge < -0.3 is 30.7 Å². The number of carbonyl (C=O) groups is 2.